The Balaban J connectivity index is 2.08. The van der Waals surface area contributed by atoms with Crippen molar-refractivity contribution < 1.29 is 4.74 Å². The van der Waals surface area contributed by atoms with Crippen LogP contribution >= 0.6 is 0 Å². The molecule has 102 valence electrons. The highest BCUT2D eigenvalue weighted by atomic mass is 16.5. The first-order valence-electron chi connectivity index (χ1n) is 6.51. The van der Waals surface area contributed by atoms with E-state index < -0.39 is 0 Å². The molecule has 0 radical (unpaired) electrons. The molecule has 1 saturated heterocycles. The molecule has 2 heterocycles. The third-order valence-electron chi connectivity index (χ3n) is 3.66. The van der Waals surface area contributed by atoms with Crippen LogP contribution in [0, 0.1) is 0 Å². The molecule has 18 heavy (non-hydrogen) atoms. The number of hydrogen-bond donors (Lipinski definition) is 1. The molecule has 1 aromatic rings. The van der Waals surface area contributed by atoms with Gasteiger partial charge in [0.1, 0.15) is 12.2 Å². The lowest BCUT2D eigenvalue weighted by atomic mass is 9.94. The molecular weight excluding hydrogens is 228 g/mol. The van der Waals surface area contributed by atoms with E-state index in [1.54, 1.807) is 6.33 Å². The van der Waals surface area contributed by atoms with E-state index in [4.69, 9.17) is 4.74 Å². The molecule has 1 fully saturated rings. The Hall–Kier alpha value is -0.940. The number of hydrogen-bond acceptors (Lipinski definition) is 4. The van der Waals surface area contributed by atoms with Gasteiger partial charge in [0.15, 0.2) is 0 Å². The van der Waals surface area contributed by atoms with Crippen LogP contribution in [0.5, 0.6) is 0 Å². The van der Waals surface area contributed by atoms with Gasteiger partial charge >= 0.3 is 0 Å². The number of aromatic nitrogens is 3. The summed E-state index contributed by atoms with van der Waals surface area (Å²) in [7, 11) is 1.97. The van der Waals surface area contributed by atoms with Crippen molar-refractivity contribution in [3.05, 3.63) is 12.2 Å². The van der Waals surface area contributed by atoms with Crippen LogP contribution < -0.4 is 5.32 Å². The second-order valence-electron chi connectivity index (χ2n) is 6.41. The van der Waals surface area contributed by atoms with E-state index in [9.17, 15) is 0 Å². The molecule has 0 bridgehead atoms. The molecular formula is C13H24N4O. The number of nitrogens with one attached hydrogen (secondary N) is 1. The zero-order chi connectivity index (χ0) is 13.6. The van der Waals surface area contributed by atoms with E-state index in [2.05, 4.69) is 50.1 Å². The highest BCUT2D eigenvalue weighted by Gasteiger charge is 2.46. The highest BCUT2D eigenvalue weighted by molar-refractivity contribution is 5.02. The molecule has 0 saturated carbocycles. The minimum atomic E-state index is -0.156. The number of nitrogens with zero attached hydrogens (tertiary/aromatic N) is 3. The molecule has 0 aromatic carbocycles. The van der Waals surface area contributed by atoms with E-state index in [1.807, 2.05) is 11.6 Å². The second-order valence-corrected chi connectivity index (χ2v) is 6.41. The Bertz CT molecular complexity index is 424. The fourth-order valence-corrected chi connectivity index (χ4v) is 2.88. The molecule has 5 nitrogen and oxygen atoms in total. The lowest BCUT2D eigenvalue weighted by molar-refractivity contribution is -0.0704. The molecule has 1 aliphatic heterocycles. The van der Waals surface area contributed by atoms with Gasteiger partial charge in [-0.15, -0.1) is 10.2 Å². The van der Waals surface area contributed by atoms with Crippen molar-refractivity contribution in [1.29, 1.82) is 0 Å². The summed E-state index contributed by atoms with van der Waals surface area (Å²) in [6.45, 7) is 10.7. The van der Waals surface area contributed by atoms with Gasteiger partial charge in [0, 0.05) is 13.1 Å². The SMILES string of the molecule is CC(NC1CC(C)(C)OC1(C)C)c1nncn1C. The van der Waals surface area contributed by atoms with E-state index >= 15 is 0 Å². The molecule has 1 aliphatic rings. The van der Waals surface area contributed by atoms with E-state index in [0.29, 0.717) is 6.04 Å². The molecule has 5 heteroatoms. The van der Waals surface area contributed by atoms with Gasteiger partial charge in [-0.3, -0.25) is 0 Å². The van der Waals surface area contributed by atoms with Crippen molar-refractivity contribution in [2.75, 3.05) is 0 Å². The molecule has 2 atom stereocenters. The van der Waals surface area contributed by atoms with Gasteiger partial charge in [0.25, 0.3) is 0 Å². The first kappa shape index (κ1) is 13.5. The quantitative estimate of drug-likeness (QED) is 0.891. The maximum Gasteiger partial charge on any atom is 0.149 e. The maximum absolute atomic E-state index is 6.09. The van der Waals surface area contributed by atoms with Crippen LogP contribution in [0.15, 0.2) is 6.33 Å². The van der Waals surface area contributed by atoms with Crippen LogP contribution in [0.2, 0.25) is 0 Å². The van der Waals surface area contributed by atoms with Crippen LogP contribution in [-0.2, 0) is 11.8 Å². The average molecular weight is 252 g/mol. The number of ether oxygens (including phenoxy) is 1. The maximum atomic E-state index is 6.09. The third-order valence-corrected chi connectivity index (χ3v) is 3.66. The monoisotopic (exact) mass is 252 g/mol. The molecule has 1 N–H and O–H groups in total. The number of rotatable bonds is 3. The minimum absolute atomic E-state index is 0.0687. The van der Waals surface area contributed by atoms with Gasteiger partial charge in [-0.1, -0.05) is 0 Å². The summed E-state index contributed by atoms with van der Waals surface area (Å²) in [5, 5.41) is 11.7. The lowest BCUT2D eigenvalue weighted by Gasteiger charge is -2.29. The zero-order valence-corrected chi connectivity index (χ0v) is 12.2. The van der Waals surface area contributed by atoms with Crippen LogP contribution in [0.3, 0.4) is 0 Å². The third kappa shape index (κ3) is 2.57. The Morgan fingerprint density at radius 3 is 2.56 bits per heavy atom. The van der Waals surface area contributed by atoms with Crippen LogP contribution in [0.25, 0.3) is 0 Å². The van der Waals surface area contributed by atoms with Gasteiger partial charge in [0.05, 0.1) is 17.2 Å². The van der Waals surface area contributed by atoms with Crippen LogP contribution in [-0.4, -0.2) is 32.0 Å². The molecule has 0 spiro atoms. The Labute approximate surface area is 109 Å². The van der Waals surface area contributed by atoms with Crippen LogP contribution in [0.4, 0.5) is 0 Å². The largest absolute Gasteiger partial charge is 0.368 e. The van der Waals surface area contributed by atoms with Gasteiger partial charge in [-0.25, -0.2) is 0 Å². The van der Waals surface area contributed by atoms with Crippen molar-refractivity contribution in [3.63, 3.8) is 0 Å². The fourth-order valence-electron chi connectivity index (χ4n) is 2.88. The number of aryl methyl sites for hydroxylation is 1. The standard InChI is InChI=1S/C13H24N4O/c1-9(11-16-14-8-17(11)6)15-10-7-12(2,3)18-13(10,4)5/h8-10,15H,7H2,1-6H3. The summed E-state index contributed by atoms with van der Waals surface area (Å²) < 4.78 is 8.04. The summed E-state index contributed by atoms with van der Waals surface area (Å²) in [6, 6.07) is 0.485. The van der Waals surface area contributed by atoms with Crippen molar-refractivity contribution in [2.45, 2.75) is 64.3 Å². The summed E-state index contributed by atoms with van der Waals surface area (Å²) in [4.78, 5) is 0. The molecule has 2 unspecified atom stereocenters. The predicted molar refractivity (Wildman–Crippen MR) is 70.2 cm³/mol. The lowest BCUT2D eigenvalue weighted by Crippen LogP contribution is -2.44. The van der Waals surface area contributed by atoms with Gasteiger partial charge in [-0.2, -0.15) is 0 Å². The zero-order valence-electron chi connectivity index (χ0n) is 12.2. The summed E-state index contributed by atoms with van der Waals surface area (Å²) >= 11 is 0. The summed E-state index contributed by atoms with van der Waals surface area (Å²) in [5.41, 5.74) is -0.225. The Morgan fingerprint density at radius 1 is 1.44 bits per heavy atom. The molecule has 0 aliphatic carbocycles. The van der Waals surface area contributed by atoms with Gasteiger partial charge < -0.3 is 14.6 Å². The summed E-state index contributed by atoms with van der Waals surface area (Å²) in [5.74, 6) is 0.954. The average Bonchev–Trinajstić information content (AvgIpc) is 2.68. The fraction of sp³-hybridized carbons (Fsp3) is 0.846. The minimum Gasteiger partial charge on any atom is -0.368 e. The van der Waals surface area contributed by atoms with Crippen molar-refractivity contribution in [1.82, 2.24) is 20.1 Å². The summed E-state index contributed by atoms with van der Waals surface area (Å²) in [6.07, 6.45) is 2.73. The van der Waals surface area contributed by atoms with Crippen LogP contribution in [0.1, 0.15) is 52.9 Å². The second kappa shape index (κ2) is 4.31. The van der Waals surface area contributed by atoms with E-state index in [-0.39, 0.29) is 17.2 Å². The first-order valence-corrected chi connectivity index (χ1v) is 6.51. The van der Waals surface area contributed by atoms with E-state index in [0.717, 1.165) is 12.2 Å². The molecule has 0 amide bonds. The van der Waals surface area contributed by atoms with Gasteiger partial charge in [0.2, 0.25) is 0 Å². The molecule has 2 rings (SSSR count). The van der Waals surface area contributed by atoms with Gasteiger partial charge in [-0.05, 0) is 41.0 Å². The van der Waals surface area contributed by atoms with Crippen molar-refractivity contribution >= 4 is 0 Å². The Kier molecular flexibility index (Phi) is 3.23. The smallest absolute Gasteiger partial charge is 0.149 e. The topological polar surface area (TPSA) is 52.0 Å². The normalized spacial score (nSPS) is 27.3. The Morgan fingerprint density at radius 2 is 2.11 bits per heavy atom. The van der Waals surface area contributed by atoms with E-state index in [1.165, 1.54) is 0 Å². The molecule has 1 aromatic heterocycles. The first-order chi connectivity index (χ1) is 8.21. The highest BCUT2D eigenvalue weighted by Crippen LogP contribution is 2.38. The van der Waals surface area contributed by atoms with Crippen molar-refractivity contribution in [3.8, 4) is 0 Å². The van der Waals surface area contributed by atoms with Crippen molar-refractivity contribution in [2.24, 2.45) is 7.05 Å². The predicted octanol–water partition coefficient (Wildman–Crippen LogP) is 1.81.